The maximum absolute atomic E-state index is 12.3. The van der Waals surface area contributed by atoms with Crippen molar-refractivity contribution in [3.05, 3.63) is 59.7 Å². The molecule has 5 heteroatoms. The minimum absolute atomic E-state index is 0.0476. The Bertz CT molecular complexity index is 682. The monoisotopic (exact) mass is 291 g/mol. The molecule has 0 aromatic heterocycles. The SMILES string of the molecule is COc1ccc(CS(=O)(=O)c2ccccc2)cc1CN. The Hall–Kier alpha value is -1.85. The normalized spacial score (nSPS) is 11.3. The maximum atomic E-state index is 12.3. The fraction of sp³-hybridized carbons (Fsp3) is 0.200. The fourth-order valence-corrected chi connectivity index (χ4v) is 3.37. The van der Waals surface area contributed by atoms with Gasteiger partial charge in [-0.05, 0) is 29.8 Å². The van der Waals surface area contributed by atoms with Crippen LogP contribution in [-0.2, 0) is 22.1 Å². The van der Waals surface area contributed by atoms with Gasteiger partial charge in [-0.2, -0.15) is 0 Å². The Morgan fingerprint density at radius 1 is 1.10 bits per heavy atom. The second-order valence-electron chi connectivity index (χ2n) is 4.42. The van der Waals surface area contributed by atoms with E-state index in [-0.39, 0.29) is 5.75 Å². The van der Waals surface area contributed by atoms with E-state index in [1.165, 1.54) is 0 Å². The van der Waals surface area contributed by atoms with E-state index in [0.717, 1.165) is 5.56 Å². The van der Waals surface area contributed by atoms with E-state index in [4.69, 9.17) is 10.5 Å². The first-order chi connectivity index (χ1) is 9.56. The molecule has 2 N–H and O–H groups in total. The van der Waals surface area contributed by atoms with Gasteiger partial charge in [0.05, 0.1) is 17.8 Å². The molecule has 106 valence electrons. The van der Waals surface area contributed by atoms with Gasteiger partial charge in [0.2, 0.25) is 0 Å². The minimum atomic E-state index is -3.34. The fourth-order valence-electron chi connectivity index (χ4n) is 2.01. The number of methoxy groups -OCH3 is 1. The number of sulfone groups is 1. The van der Waals surface area contributed by atoms with E-state index in [2.05, 4.69) is 0 Å². The number of rotatable bonds is 5. The van der Waals surface area contributed by atoms with Crippen LogP contribution in [0.5, 0.6) is 5.75 Å². The molecule has 0 unspecified atom stereocenters. The van der Waals surface area contributed by atoms with Crippen LogP contribution in [0.2, 0.25) is 0 Å². The summed E-state index contributed by atoms with van der Waals surface area (Å²) in [5.41, 5.74) is 7.14. The van der Waals surface area contributed by atoms with Gasteiger partial charge in [0.15, 0.2) is 9.84 Å². The highest BCUT2D eigenvalue weighted by Gasteiger charge is 2.15. The van der Waals surface area contributed by atoms with E-state index in [1.807, 2.05) is 0 Å². The molecule has 0 aliphatic heterocycles. The third-order valence-corrected chi connectivity index (χ3v) is 4.73. The van der Waals surface area contributed by atoms with Crippen molar-refractivity contribution in [2.75, 3.05) is 7.11 Å². The third kappa shape index (κ3) is 3.18. The standard InChI is InChI=1S/C15H17NO3S/c1-19-15-8-7-12(9-13(15)10-16)11-20(17,18)14-5-3-2-4-6-14/h2-9H,10-11,16H2,1H3. The Morgan fingerprint density at radius 3 is 2.40 bits per heavy atom. The maximum Gasteiger partial charge on any atom is 0.182 e. The van der Waals surface area contributed by atoms with Gasteiger partial charge >= 0.3 is 0 Å². The lowest BCUT2D eigenvalue weighted by Crippen LogP contribution is -2.06. The molecule has 0 saturated carbocycles. The van der Waals surface area contributed by atoms with Gasteiger partial charge in [0.1, 0.15) is 5.75 Å². The highest BCUT2D eigenvalue weighted by Crippen LogP contribution is 2.22. The summed E-state index contributed by atoms with van der Waals surface area (Å²) in [7, 11) is -1.78. The van der Waals surface area contributed by atoms with Crippen molar-refractivity contribution in [1.29, 1.82) is 0 Å². The van der Waals surface area contributed by atoms with E-state index in [9.17, 15) is 8.42 Å². The summed E-state index contributed by atoms with van der Waals surface area (Å²) >= 11 is 0. The van der Waals surface area contributed by atoms with Crippen LogP contribution < -0.4 is 10.5 Å². The van der Waals surface area contributed by atoms with E-state index < -0.39 is 9.84 Å². The highest BCUT2D eigenvalue weighted by atomic mass is 32.2. The molecule has 20 heavy (non-hydrogen) atoms. The molecule has 0 spiro atoms. The summed E-state index contributed by atoms with van der Waals surface area (Å²) in [6, 6.07) is 13.7. The van der Waals surface area contributed by atoms with Gasteiger partial charge in [-0.25, -0.2) is 8.42 Å². The molecule has 0 fully saturated rings. The Labute approximate surface area is 119 Å². The molecule has 2 rings (SSSR count). The minimum Gasteiger partial charge on any atom is -0.496 e. The van der Waals surface area contributed by atoms with Crippen LogP contribution >= 0.6 is 0 Å². The molecule has 0 heterocycles. The smallest absolute Gasteiger partial charge is 0.182 e. The van der Waals surface area contributed by atoms with E-state index >= 15 is 0 Å². The first kappa shape index (κ1) is 14.6. The second-order valence-corrected chi connectivity index (χ2v) is 6.41. The largest absolute Gasteiger partial charge is 0.496 e. The Morgan fingerprint density at radius 2 is 1.80 bits per heavy atom. The van der Waals surface area contributed by atoms with Gasteiger partial charge in [0.25, 0.3) is 0 Å². The van der Waals surface area contributed by atoms with Crippen LogP contribution in [0.25, 0.3) is 0 Å². The van der Waals surface area contributed by atoms with Crippen LogP contribution in [0.15, 0.2) is 53.4 Å². The molecule has 2 aromatic carbocycles. The van der Waals surface area contributed by atoms with Crippen molar-refractivity contribution >= 4 is 9.84 Å². The zero-order valence-electron chi connectivity index (χ0n) is 11.2. The molecular weight excluding hydrogens is 274 g/mol. The predicted octanol–water partition coefficient (Wildman–Crippen LogP) is 2.13. The zero-order valence-corrected chi connectivity index (χ0v) is 12.1. The summed E-state index contributed by atoms with van der Waals surface area (Å²) < 4.78 is 29.8. The van der Waals surface area contributed by atoms with Gasteiger partial charge in [-0.3, -0.25) is 0 Å². The number of hydrogen-bond acceptors (Lipinski definition) is 4. The molecule has 0 aliphatic rings. The molecule has 0 saturated heterocycles. The van der Waals surface area contributed by atoms with Crippen LogP contribution in [0.3, 0.4) is 0 Å². The average Bonchev–Trinajstić information content (AvgIpc) is 2.47. The number of hydrogen-bond donors (Lipinski definition) is 1. The second kappa shape index (κ2) is 6.07. The highest BCUT2D eigenvalue weighted by molar-refractivity contribution is 7.90. The lowest BCUT2D eigenvalue weighted by Gasteiger charge is -2.10. The summed E-state index contributed by atoms with van der Waals surface area (Å²) in [4.78, 5) is 0.324. The van der Waals surface area contributed by atoms with Crippen molar-refractivity contribution in [2.45, 2.75) is 17.2 Å². The quantitative estimate of drug-likeness (QED) is 0.916. The van der Waals surface area contributed by atoms with Crippen molar-refractivity contribution in [2.24, 2.45) is 5.73 Å². The number of ether oxygens (including phenoxy) is 1. The van der Waals surface area contributed by atoms with Crippen molar-refractivity contribution in [3.63, 3.8) is 0 Å². The van der Waals surface area contributed by atoms with Crippen molar-refractivity contribution in [3.8, 4) is 5.75 Å². The molecule has 0 atom stereocenters. The summed E-state index contributed by atoms with van der Waals surface area (Å²) in [6.07, 6.45) is 0. The Kier molecular flexibility index (Phi) is 4.42. The first-order valence-electron chi connectivity index (χ1n) is 6.20. The molecule has 4 nitrogen and oxygen atoms in total. The molecule has 0 aliphatic carbocycles. The van der Waals surface area contributed by atoms with Crippen LogP contribution in [-0.4, -0.2) is 15.5 Å². The summed E-state index contributed by atoms with van der Waals surface area (Å²) in [5, 5.41) is 0. The first-order valence-corrected chi connectivity index (χ1v) is 7.85. The number of nitrogens with two attached hydrogens (primary N) is 1. The van der Waals surface area contributed by atoms with Crippen LogP contribution in [0.4, 0.5) is 0 Å². The average molecular weight is 291 g/mol. The molecule has 0 radical (unpaired) electrons. The summed E-state index contributed by atoms with van der Waals surface area (Å²) in [6.45, 7) is 0.308. The lowest BCUT2D eigenvalue weighted by atomic mass is 10.1. The van der Waals surface area contributed by atoms with E-state index in [0.29, 0.717) is 22.8 Å². The zero-order chi connectivity index (χ0) is 14.6. The topological polar surface area (TPSA) is 69.4 Å². The van der Waals surface area contributed by atoms with E-state index in [1.54, 1.807) is 55.6 Å². The number of benzene rings is 2. The molecule has 0 bridgehead atoms. The van der Waals surface area contributed by atoms with Gasteiger partial charge in [0, 0.05) is 12.1 Å². The van der Waals surface area contributed by atoms with Crippen molar-refractivity contribution in [1.82, 2.24) is 0 Å². The predicted molar refractivity (Wildman–Crippen MR) is 78.2 cm³/mol. The molecule has 0 amide bonds. The van der Waals surface area contributed by atoms with Crippen molar-refractivity contribution < 1.29 is 13.2 Å². The Balaban J connectivity index is 2.30. The molecule has 2 aromatic rings. The lowest BCUT2D eigenvalue weighted by molar-refractivity contribution is 0.409. The summed E-state index contributed by atoms with van der Waals surface area (Å²) in [5.74, 6) is 0.627. The van der Waals surface area contributed by atoms with Gasteiger partial charge in [-0.1, -0.05) is 24.3 Å². The van der Waals surface area contributed by atoms with Crippen LogP contribution in [0, 0.1) is 0 Å². The third-order valence-electron chi connectivity index (χ3n) is 3.02. The van der Waals surface area contributed by atoms with Gasteiger partial charge < -0.3 is 10.5 Å². The van der Waals surface area contributed by atoms with Gasteiger partial charge in [-0.15, -0.1) is 0 Å². The van der Waals surface area contributed by atoms with Crippen LogP contribution in [0.1, 0.15) is 11.1 Å². The molecular formula is C15H17NO3S.